The molecule has 4 heteroatoms. The van der Waals surface area contributed by atoms with Crippen LogP contribution >= 0.6 is 0 Å². The van der Waals surface area contributed by atoms with Crippen LogP contribution in [0.15, 0.2) is 78.0 Å². The number of benzene rings is 1. The highest BCUT2D eigenvalue weighted by Crippen LogP contribution is 2.19. The molecule has 0 N–H and O–H groups in total. The van der Waals surface area contributed by atoms with E-state index >= 15 is 0 Å². The molecule has 4 nitrogen and oxygen atoms in total. The van der Waals surface area contributed by atoms with Gasteiger partial charge < -0.3 is 0 Å². The number of aromatic nitrogens is 2. The molecule has 21 heavy (non-hydrogen) atoms. The number of amides is 1. The van der Waals surface area contributed by atoms with Gasteiger partial charge in [0.2, 0.25) is 0 Å². The fraction of sp³-hybridized carbons (Fsp3) is 0.0588. The van der Waals surface area contributed by atoms with Crippen LogP contribution < -0.4 is 0 Å². The Bertz CT molecular complexity index is 702. The zero-order chi connectivity index (χ0) is 14.5. The number of hydrogen-bond donors (Lipinski definition) is 0. The maximum absolute atomic E-state index is 12.0. The Balaban J connectivity index is 1.75. The smallest absolute Gasteiger partial charge is 0.267 e. The Kier molecular flexibility index (Phi) is 3.78. The minimum absolute atomic E-state index is 0.0736. The number of aliphatic imine (C=N–C) groups is 1. The molecule has 2 aromatic rings. The van der Waals surface area contributed by atoms with Crippen LogP contribution in [0.4, 0.5) is 0 Å². The first-order valence-electron chi connectivity index (χ1n) is 6.65. The third-order valence-electron chi connectivity index (χ3n) is 3.13. The van der Waals surface area contributed by atoms with Crippen molar-refractivity contribution in [2.45, 2.75) is 5.92 Å². The molecule has 0 atom stereocenters. The van der Waals surface area contributed by atoms with Gasteiger partial charge in [-0.3, -0.25) is 4.79 Å². The number of rotatable bonds is 2. The van der Waals surface area contributed by atoms with Crippen LogP contribution in [0.5, 0.6) is 0 Å². The van der Waals surface area contributed by atoms with Crippen LogP contribution in [0.2, 0.25) is 0 Å². The van der Waals surface area contributed by atoms with Gasteiger partial charge in [-0.05, 0) is 36.4 Å². The molecule has 3 rings (SSSR count). The minimum Gasteiger partial charge on any atom is -0.267 e. The second-order valence-corrected chi connectivity index (χ2v) is 4.60. The van der Waals surface area contributed by atoms with Gasteiger partial charge in [0.1, 0.15) is 0 Å². The average Bonchev–Trinajstić information content (AvgIpc) is 2.57. The summed E-state index contributed by atoms with van der Waals surface area (Å²) in [7, 11) is 0. The molecule has 1 aliphatic carbocycles. The van der Waals surface area contributed by atoms with Gasteiger partial charge in [-0.25, -0.2) is 4.99 Å². The molecule has 0 fully saturated rings. The molecule has 0 spiro atoms. The van der Waals surface area contributed by atoms with E-state index in [0.717, 1.165) is 5.69 Å². The first kappa shape index (κ1) is 13.1. The lowest BCUT2D eigenvalue weighted by Gasteiger charge is -2.10. The van der Waals surface area contributed by atoms with Gasteiger partial charge in [-0.2, -0.15) is 10.2 Å². The number of nitrogens with zero attached hydrogens (tertiary/aromatic N) is 3. The van der Waals surface area contributed by atoms with Crippen LogP contribution in [0.3, 0.4) is 0 Å². The minimum atomic E-state index is -0.238. The highest BCUT2D eigenvalue weighted by molar-refractivity contribution is 6.13. The van der Waals surface area contributed by atoms with Gasteiger partial charge in [0, 0.05) is 17.7 Å². The molecular weight excluding hydrogens is 262 g/mol. The van der Waals surface area contributed by atoms with Crippen molar-refractivity contribution in [3.05, 3.63) is 84.2 Å². The van der Waals surface area contributed by atoms with E-state index < -0.39 is 0 Å². The fourth-order valence-electron chi connectivity index (χ4n) is 2.05. The fourth-order valence-corrected chi connectivity index (χ4v) is 2.05. The molecule has 0 bridgehead atoms. The van der Waals surface area contributed by atoms with Gasteiger partial charge >= 0.3 is 0 Å². The predicted molar refractivity (Wildman–Crippen MR) is 81.3 cm³/mol. The monoisotopic (exact) mass is 275 g/mol. The molecule has 102 valence electrons. The molecule has 0 radical (unpaired) electrons. The second-order valence-electron chi connectivity index (χ2n) is 4.60. The summed E-state index contributed by atoms with van der Waals surface area (Å²) in [6, 6.07) is 12.8. The van der Waals surface area contributed by atoms with Crippen molar-refractivity contribution >= 4 is 11.6 Å². The summed E-state index contributed by atoms with van der Waals surface area (Å²) in [5.41, 5.74) is 2.10. The largest absolute Gasteiger partial charge is 0.277 e. The Hall–Kier alpha value is -2.88. The molecule has 0 saturated carbocycles. The SMILES string of the molecule is O=C(N=C1C=CC(c2cccnn2)C=C1)c1ccccc1. The van der Waals surface area contributed by atoms with Crippen molar-refractivity contribution in [2.75, 3.05) is 0 Å². The predicted octanol–water partition coefficient (Wildman–Crippen LogP) is 2.97. The molecule has 1 amide bonds. The lowest BCUT2D eigenvalue weighted by molar-refractivity contribution is 0.100. The summed E-state index contributed by atoms with van der Waals surface area (Å²) in [6.07, 6.45) is 9.23. The van der Waals surface area contributed by atoms with Crippen LogP contribution in [-0.4, -0.2) is 21.8 Å². The zero-order valence-electron chi connectivity index (χ0n) is 11.3. The number of allylic oxidation sites excluding steroid dienone is 4. The third kappa shape index (κ3) is 3.17. The highest BCUT2D eigenvalue weighted by Gasteiger charge is 2.11. The van der Waals surface area contributed by atoms with Crippen molar-refractivity contribution in [3.63, 3.8) is 0 Å². The van der Waals surface area contributed by atoms with Crippen molar-refractivity contribution in [2.24, 2.45) is 4.99 Å². The Labute approximate surface area is 122 Å². The summed E-state index contributed by atoms with van der Waals surface area (Å²) in [5, 5.41) is 7.94. The van der Waals surface area contributed by atoms with Crippen molar-refractivity contribution in [3.8, 4) is 0 Å². The summed E-state index contributed by atoms with van der Waals surface area (Å²) in [4.78, 5) is 16.1. The number of hydrogen-bond acceptors (Lipinski definition) is 3. The summed E-state index contributed by atoms with van der Waals surface area (Å²) >= 11 is 0. The Morgan fingerprint density at radius 1 is 1.00 bits per heavy atom. The van der Waals surface area contributed by atoms with E-state index in [0.29, 0.717) is 11.3 Å². The summed E-state index contributed by atoms with van der Waals surface area (Å²) < 4.78 is 0. The van der Waals surface area contributed by atoms with E-state index in [1.54, 1.807) is 18.3 Å². The van der Waals surface area contributed by atoms with Gasteiger partial charge in [0.15, 0.2) is 0 Å². The normalized spacial score (nSPS) is 16.8. The van der Waals surface area contributed by atoms with Gasteiger partial charge in [0.05, 0.1) is 11.4 Å². The molecule has 0 saturated heterocycles. The van der Waals surface area contributed by atoms with Crippen LogP contribution in [0.25, 0.3) is 0 Å². The summed E-state index contributed by atoms with van der Waals surface area (Å²) in [6.45, 7) is 0. The van der Waals surface area contributed by atoms with E-state index in [4.69, 9.17) is 0 Å². The van der Waals surface area contributed by atoms with Gasteiger partial charge in [-0.15, -0.1) is 0 Å². The van der Waals surface area contributed by atoms with E-state index in [1.165, 1.54) is 0 Å². The van der Waals surface area contributed by atoms with Crippen LogP contribution in [-0.2, 0) is 0 Å². The first-order chi connectivity index (χ1) is 10.3. The van der Waals surface area contributed by atoms with E-state index in [-0.39, 0.29) is 11.8 Å². The van der Waals surface area contributed by atoms with E-state index in [1.807, 2.05) is 54.6 Å². The van der Waals surface area contributed by atoms with Crippen molar-refractivity contribution < 1.29 is 4.79 Å². The second kappa shape index (κ2) is 6.05. The van der Waals surface area contributed by atoms with Crippen molar-refractivity contribution in [1.82, 2.24) is 10.2 Å². The molecule has 1 heterocycles. The standard InChI is InChI=1S/C17H13N3O/c21-17(14-5-2-1-3-6-14)19-15-10-8-13(9-11-15)16-7-4-12-18-20-16/h1-13H. The molecule has 0 unspecified atom stereocenters. The van der Waals surface area contributed by atoms with Crippen LogP contribution in [0.1, 0.15) is 22.0 Å². The molecule has 1 aromatic carbocycles. The quantitative estimate of drug-likeness (QED) is 0.846. The maximum Gasteiger partial charge on any atom is 0.277 e. The summed E-state index contributed by atoms with van der Waals surface area (Å²) in [5.74, 6) is -0.165. The van der Waals surface area contributed by atoms with Gasteiger partial charge in [0.25, 0.3) is 5.91 Å². The lowest BCUT2D eigenvalue weighted by atomic mass is 9.99. The first-order valence-corrected chi connectivity index (χ1v) is 6.65. The molecule has 0 aliphatic heterocycles. The molecular formula is C17H13N3O. The number of carbonyl (C=O) groups is 1. The Morgan fingerprint density at radius 2 is 1.76 bits per heavy atom. The maximum atomic E-state index is 12.0. The lowest BCUT2D eigenvalue weighted by Crippen LogP contribution is -2.05. The number of carbonyl (C=O) groups excluding carboxylic acids is 1. The zero-order valence-corrected chi connectivity index (χ0v) is 11.3. The Morgan fingerprint density at radius 3 is 2.43 bits per heavy atom. The van der Waals surface area contributed by atoms with Crippen LogP contribution in [0, 0.1) is 0 Å². The topological polar surface area (TPSA) is 55.2 Å². The van der Waals surface area contributed by atoms with Gasteiger partial charge in [-0.1, -0.05) is 30.4 Å². The molecule has 1 aliphatic rings. The molecule has 1 aromatic heterocycles. The third-order valence-corrected chi connectivity index (χ3v) is 3.13. The average molecular weight is 275 g/mol. The van der Waals surface area contributed by atoms with E-state index in [9.17, 15) is 4.79 Å². The van der Waals surface area contributed by atoms with E-state index in [2.05, 4.69) is 15.2 Å². The highest BCUT2D eigenvalue weighted by atomic mass is 16.1. The van der Waals surface area contributed by atoms with Crippen molar-refractivity contribution in [1.29, 1.82) is 0 Å².